The molecule has 1 atom stereocenters. The number of nitrogens with one attached hydrogen (secondary N) is 1. The minimum atomic E-state index is -0.478. The Bertz CT molecular complexity index is 839. The molecule has 1 N–H and O–H groups in total. The van der Waals surface area contributed by atoms with E-state index in [1.807, 2.05) is 19.1 Å². The molecule has 2 aromatic carbocycles. The highest BCUT2D eigenvalue weighted by atomic mass is 16.5. The highest BCUT2D eigenvalue weighted by Gasteiger charge is 2.35. The number of amides is 1. The summed E-state index contributed by atoms with van der Waals surface area (Å²) in [6.45, 7) is 3.97. The molecule has 128 valence electrons. The van der Waals surface area contributed by atoms with Gasteiger partial charge in [-0.1, -0.05) is 18.2 Å². The van der Waals surface area contributed by atoms with E-state index in [-0.39, 0.29) is 18.1 Å². The second-order valence-electron chi connectivity index (χ2n) is 6.00. The lowest BCUT2D eigenvalue weighted by Crippen LogP contribution is -2.20. The van der Waals surface area contributed by atoms with E-state index in [0.717, 1.165) is 11.1 Å². The highest BCUT2D eigenvalue weighted by molar-refractivity contribution is 6.09. The summed E-state index contributed by atoms with van der Waals surface area (Å²) in [5.74, 6) is -1.10. The Kier molecular flexibility index (Phi) is 4.65. The van der Waals surface area contributed by atoms with Gasteiger partial charge in [-0.05, 0) is 49.2 Å². The van der Waals surface area contributed by atoms with Gasteiger partial charge in [0.15, 0.2) is 5.78 Å². The molecular weight excluding hydrogens is 318 g/mol. The molecule has 0 saturated carbocycles. The smallest absolute Gasteiger partial charge is 0.338 e. The highest BCUT2D eigenvalue weighted by Crippen LogP contribution is 2.36. The number of carbonyl (C=O) groups excluding carboxylic acids is 3. The fourth-order valence-corrected chi connectivity index (χ4v) is 3.14. The quantitative estimate of drug-likeness (QED) is 0.867. The average molecular weight is 337 g/mol. The second kappa shape index (κ2) is 6.89. The maximum Gasteiger partial charge on any atom is 0.338 e. The van der Waals surface area contributed by atoms with Crippen LogP contribution in [0.1, 0.15) is 51.1 Å². The number of benzene rings is 2. The van der Waals surface area contributed by atoms with E-state index in [0.29, 0.717) is 23.4 Å². The lowest BCUT2D eigenvalue weighted by molar-refractivity contribution is -0.117. The number of esters is 1. The second-order valence-corrected chi connectivity index (χ2v) is 6.00. The van der Waals surface area contributed by atoms with Crippen molar-refractivity contribution in [2.75, 3.05) is 11.9 Å². The monoisotopic (exact) mass is 337 g/mol. The van der Waals surface area contributed by atoms with Gasteiger partial charge in [0, 0.05) is 17.7 Å². The number of ether oxygens (including phenoxy) is 1. The number of aryl methyl sites for hydroxylation is 1. The molecule has 0 aromatic heterocycles. The van der Waals surface area contributed by atoms with Crippen molar-refractivity contribution in [1.82, 2.24) is 0 Å². The summed E-state index contributed by atoms with van der Waals surface area (Å²) in [6.07, 6.45) is 0.187. The zero-order valence-corrected chi connectivity index (χ0v) is 14.2. The Morgan fingerprint density at radius 1 is 1.16 bits per heavy atom. The van der Waals surface area contributed by atoms with Gasteiger partial charge in [-0.3, -0.25) is 9.59 Å². The van der Waals surface area contributed by atoms with Gasteiger partial charge in [-0.25, -0.2) is 4.79 Å². The van der Waals surface area contributed by atoms with Crippen molar-refractivity contribution in [1.29, 1.82) is 0 Å². The normalized spacial score (nSPS) is 15.6. The zero-order valence-electron chi connectivity index (χ0n) is 14.2. The van der Waals surface area contributed by atoms with E-state index in [4.69, 9.17) is 4.74 Å². The number of ketones is 1. The van der Waals surface area contributed by atoms with Crippen molar-refractivity contribution >= 4 is 23.3 Å². The van der Waals surface area contributed by atoms with Crippen LogP contribution in [-0.4, -0.2) is 24.3 Å². The van der Waals surface area contributed by atoms with E-state index in [9.17, 15) is 14.4 Å². The van der Waals surface area contributed by atoms with Crippen molar-refractivity contribution in [3.63, 3.8) is 0 Å². The van der Waals surface area contributed by atoms with Crippen LogP contribution in [0.4, 0.5) is 5.69 Å². The molecular formula is C20H19NO4. The Hall–Kier alpha value is -2.95. The molecule has 1 aliphatic carbocycles. The summed E-state index contributed by atoms with van der Waals surface area (Å²) >= 11 is 0. The minimum Gasteiger partial charge on any atom is -0.462 e. The first-order valence-corrected chi connectivity index (χ1v) is 8.22. The maximum absolute atomic E-state index is 12.6. The number of hydrogen-bond acceptors (Lipinski definition) is 4. The lowest BCUT2D eigenvalue weighted by atomic mass is 9.96. The Morgan fingerprint density at radius 2 is 1.88 bits per heavy atom. The molecule has 0 heterocycles. The fraction of sp³-hybridized carbons (Fsp3) is 0.250. The van der Waals surface area contributed by atoms with E-state index < -0.39 is 11.9 Å². The van der Waals surface area contributed by atoms with Crippen LogP contribution in [0.5, 0.6) is 0 Å². The summed E-state index contributed by atoms with van der Waals surface area (Å²) < 4.78 is 4.93. The SMILES string of the molecule is CCOC(=O)c1ccc(NC(=O)C2CC(=O)c3cccc(C)c32)cc1. The standard InChI is InChI=1S/C20H19NO4/c1-3-25-20(24)13-7-9-14(10-8-13)21-19(23)16-11-17(22)15-6-4-5-12(2)18(15)16/h4-10,16H,3,11H2,1-2H3,(H,21,23). The number of rotatable bonds is 4. The molecule has 2 aromatic rings. The maximum atomic E-state index is 12.6. The molecule has 1 aliphatic rings. The van der Waals surface area contributed by atoms with Gasteiger partial charge >= 0.3 is 5.97 Å². The van der Waals surface area contributed by atoms with Crippen LogP contribution in [0.2, 0.25) is 0 Å². The molecule has 1 amide bonds. The Balaban J connectivity index is 1.76. The van der Waals surface area contributed by atoms with Gasteiger partial charge in [0.05, 0.1) is 18.1 Å². The van der Waals surface area contributed by atoms with Crippen LogP contribution in [0.3, 0.4) is 0 Å². The predicted molar refractivity (Wildman–Crippen MR) is 93.9 cm³/mol. The molecule has 0 fully saturated rings. The third-order valence-electron chi connectivity index (χ3n) is 4.34. The van der Waals surface area contributed by atoms with E-state index in [1.54, 1.807) is 37.3 Å². The van der Waals surface area contributed by atoms with Gasteiger partial charge in [0.2, 0.25) is 5.91 Å². The van der Waals surface area contributed by atoms with Crippen molar-refractivity contribution in [3.05, 3.63) is 64.7 Å². The first-order chi connectivity index (χ1) is 12.0. The first-order valence-electron chi connectivity index (χ1n) is 8.22. The number of fused-ring (bicyclic) bond motifs is 1. The van der Waals surface area contributed by atoms with Gasteiger partial charge in [-0.15, -0.1) is 0 Å². The topological polar surface area (TPSA) is 72.5 Å². The number of hydrogen-bond donors (Lipinski definition) is 1. The molecule has 0 aliphatic heterocycles. The first kappa shape index (κ1) is 16.9. The lowest BCUT2D eigenvalue weighted by Gasteiger charge is -2.14. The van der Waals surface area contributed by atoms with Crippen LogP contribution < -0.4 is 5.32 Å². The molecule has 0 spiro atoms. The van der Waals surface area contributed by atoms with Crippen molar-refractivity contribution in [2.45, 2.75) is 26.2 Å². The zero-order chi connectivity index (χ0) is 18.0. The summed E-state index contributed by atoms with van der Waals surface area (Å²) in [7, 11) is 0. The summed E-state index contributed by atoms with van der Waals surface area (Å²) in [4.78, 5) is 36.4. The van der Waals surface area contributed by atoms with Crippen LogP contribution >= 0.6 is 0 Å². The predicted octanol–water partition coefficient (Wildman–Crippen LogP) is 3.48. The van der Waals surface area contributed by atoms with Gasteiger partial charge < -0.3 is 10.1 Å². The van der Waals surface area contributed by atoms with E-state index in [2.05, 4.69) is 5.32 Å². The third-order valence-corrected chi connectivity index (χ3v) is 4.34. The van der Waals surface area contributed by atoms with Crippen LogP contribution in [-0.2, 0) is 9.53 Å². The third kappa shape index (κ3) is 3.31. The number of Topliss-reactive ketones (excluding diaryl/α,β-unsaturated/α-hetero) is 1. The van der Waals surface area contributed by atoms with Crippen LogP contribution in [0.25, 0.3) is 0 Å². The van der Waals surface area contributed by atoms with E-state index >= 15 is 0 Å². The van der Waals surface area contributed by atoms with Crippen molar-refractivity contribution in [3.8, 4) is 0 Å². The minimum absolute atomic E-state index is 0.00323. The summed E-state index contributed by atoms with van der Waals surface area (Å²) in [6, 6.07) is 12.0. The molecule has 0 radical (unpaired) electrons. The van der Waals surface area contributed by atoms with Gasteiger partial charge in [-0.2, -0.15) is 0 Å². The number of anilines is 1. The Morgan fingerprint density at radius 3 is 2.56 bits per heavy atom. The molecule has 5 heteroatoms. The largest absolute Gasteiger partial charge is 0.462 e. The van der Waals surface area contributed by atoms with Gasteiger partial charge in [0.25, 0.3) is 0 Å². The van der Waals surface area contributed by atoms with E-state index in [1.165, 1.54) is 0 Å². The summed E-state index contributed by atoms with van der Waals surface area (Å²) in [5, 5.41) is 2.83. The number of carbonyl (C=O) groups is 3. The summed E-state index contributed by atoms with van der Waals surface area (Å²) in [5.41, 5.74) is 3.40. The van der Waals surface area contributed by atoms with Crippen LogP contribution in [0, 0.1) is 6.92 Å². The molecule has 0 bridgehead atoms. The average Bonchev–Trinajstić information content (AvgIpc) is 2.94. The molecule has 1 unspecified atom stereocenters. The fourth-order valence-electron chi connectivity index (χ4n) is 3.14. The molecule has 0 saturated heterocycles. The molecule has 25 heavy (non-hydrogen) atoms. The Labute approximate surface area is 146 Å². The molecule has 3 rings (SSSR count). The van der Waals surface area contributed by atoms with Crippen LogP contribution in [0.15, 0.2) is 42.5 Å². The molecule has 5 nitrogen and oxygen atoms in total. The van der Waals surface area contributed by atoms with Gasteiger partial charge in [0.1, 0.15) is 0 Å². The van der Waals surface area contributed by atoms with Crippen molar-refractivity contribution in [2.24, 2.45) is 0 Å². The van der Waals surface area contributed by atoms with Crippen molar-refractivity contribution < 1.29 is 19.1 Å².